The van der Waals surface area contributed by atoms with Gasteiger partial charge in [-0.1, -0.05) is 0 Å². The van der Waals surface area contributed by atoms with E-state index in [4.69, 9.17) is 4.74 Å². The number of rotatable bonds is 4. The Morgan fingerprint density at radius 1 is 1.27 bits per heavy atom. The summed E-state index contributed by atoms with van der Waals surface area (Å²) >= 11 is -0.812. The summed E-state index contributed by atoms with van der Waals surface area (Å²) in [6, 6.07) is 0. The minimum absolute atomic E-state index is 0. The van der Waals surface area contributed by atoms with E-state index in [1.165, 1.54) is 6.42 Å². The monoisotopic (exact) mass is 309 g/mol. The first-order valence-electron chi connectivity index (χ1n) is 4.43. The molecule has 0 aromatic carbocycles. The van der Waals surface area contributed by atoms with Crippen molar-refractivity contribution >= 4 is 37.2 Å². The van der Waals surface area contributed by atoms with Crippen molar-refractivity contribution in [3.05, 3.63) is 21.6 Å². The number of hydrogen-bond acceptors (Lipinski definition) is 1. The molecule has 0 heterocycles. The van der Waals surface area contributed by atoms with Gasteiger partial charge in [-0.2, -0.15) is 0 Å². The second kappa shape index (κ2) is 11.5. The van der Waals surface area contributed by atoms with E-state index in [1.54, 1.807) is 16.6 Å². The number of allylic oxidation sites excluding steroid dienone is 3. The van der Waals surface area contributed by atoms with Gasteiger partial charge in [-0.25, -0.2) is 0 Å². The summed E-state index contributed by atoms with van der Waals surface area (Å²) in [7, 11) is 1.77. The maximum absolute atomic E-state index is 5.08. The summed E-state index contributed by atoms with van der Waals surface area (Å²) in [4.78, 5) is 0. The smallest absolute Gasteiger partial charge is 0.147 e. The summed E-state index contributed by atoms with van der Waals surface area (Å²) in [5, 5.41) is 4.85. The quantitative estimate of drug-likeness (QED) is 0.707. The fourth-order valence-corrected chi connectivity index (χ4v) is 3.67. The minimum atomic E-state index is -0.812. The molecule has 0 aromatic rings. The van der Waals surface area contributed by atoms with Crippen LogP contribution in [0.1, 0.15) is 12.8 Å². The molecule has 0 unspecified atom stereocenters. The molecule has 5 heteroatoms. The van der Waals surface area contributed by atoms with E-state index in [0.29, 0.717) is 0 Å². The van der Waals surface area contributed by atoms with Gasteiger partial charge in [0.25, 0.3) is 0 Å². The SMILES string of the molecule is COCCC1=[C]([Ti]([CH3])[CH3])CC=C1.Cl.Cl.Cl. The fraction of sp³-hybridized carbons (Fsp3) is 0.600. The third kappa shape index (κ3) is 7.04. The van der Waals surface area contributed by atoms with Crippen LogP contribution in [0.25, 0.3) is 0 Å². The average Bonchev–Trinajstić information content (AvgIpc) is 2.48. The first-order valence-corrected chi connectivity index (χ1v) is 8.34. The van der Waals surface area contributed by atoms with Crippen molar-refractivity contribution in [1.29, 1.82) is 0 Å². The summed E-state index contributed by atoms with van der Waals surface area (Å²) < 4.78 is 6.84. The van der Waals surface area contributed by atoms with Crippen molar-refractivity contribution in [3.63, 3.8) is 0 Å². The van der Waals surface area contributed by atoms with Crippen molar-refractivity contribution in [3.8, 4) is 0 Å². The van der Waals surface area contributed by atoms with Gasteiger partial charge in [-0.05, 0) is 0 Å². The Kier molecular flexibility index (Phi) is 16.4. The first kappa shape index (κ1) is 21.3. The van der Waals surface area contributed by atoms with Crippen molar-refractivity contribution in [2.45, 2.75) is 23.3 Å². The van der Waals surface area contributed by atoms with Gasteiger partial charge in [0, 0.05) is 0 Å². The summed E-state index contributed by atoms with van der Waals surface area (Å²) in [6.07, 6.45) is 6.91. The Morgan fingerprint density at radius 3 is 2.33 bits per heavy atom. The van der Waals surface area contributed by atoms with E-state index in [9.17, 15) is 0 Å². The van der Waals surface area contributed by atoms with Crippen molar-refractivity contribution in [2.75, 3.05) is 13.7 Å². The number of hydrogen-bond donors (Lipinski definition) is 0. The molecule has 0 bridgehead atoms. The molecule has 0 atom stereocenters. The predicted octanol–water partition coefficient (Wildman–Crippen LogP) is 4.22. The van der Waals surface area contributed by atoms with Crippen LogP contribution in [0.3, 0.4) is 0 Å². The van der Waals surface area contributed by atoms with E-state index < -0.39 is 17.9 Å². The van der Waals surface area contributed by atoms with E-state index in [-0.39, 0.29) is 37.2 Å². The zero-order chi connectivity index (χ0) is 8.97. The maximum Gasteiger partial charge on any atom is -0.147 e. The third-order valence-electron chi connectivity index (χ3n) is 2.21. The molecule has 0 spiro atoms. The van der Waals surface area contributed by atoms with Crippen LogP contribution in [0.2, 0.25) is 10.5 Å². The second-order valence-corrected chi connectivity index (χ2v) is 7.42. The van der Waals surface area contributed by atoms with Crippen LogP contribution in [-0.4, -0.2) is 13.7 Å². The molecule has 0 saturated heterocycles. The largest absolute Gasteiger partial charge is 0.147 e. The molecule has 0 aliphatic heterocycles. The maximum atomic E-state index is 5.08. The first-order chi connectivity index (χ1) is 5.75. The topological polar surface area (TPSA) is 9.23 Å². The van der Waals surface area contributed by atoms with Crippen LogP contribution >= 0.6 is 37.2 Å². The molecule has 1 rings (SSSR count). The van der Waals surface area contributed by atoms with Crippen LogP contribution in [0.4, 0.5) is 0 Å². The molecule has 1 aliphatic rings. The zero-order valence-electron chi connectivity index (χ0n) is 9.41. The number of methoxy groups -OCH3 is 1. The van der Waals surface area contributed by atoms with Gasteiger partial charge >= 0.3 is 81.2 Å². The van der Waals surface area contributed by atoms with Crippen LogP contribution in [0.15, 0.2) is 21.6 Å². The molecular formula is C10H20Cl3OTi. The Balaban J connectivity index is -0.000000480. The number of ether oxygens (including phenoxy) is 1. The van der Waals surface area contributed by atoms with Gasteiger partial charge in [-0.3, -0.25) is 0 Å². The van der Waals surface area contributed by atoms with Crippen LogP contribution in [0.5, 0.6) is 0 Å². The normalized spacial score (nSPS) is 12.7. The van der Waals surface area contributed by atoms with Gasteiger partial charge in [-0.15, -0.1) is 37.2 Å². The van der Waals surface area contributed by atoms with E-state index in [2.05, 4.69) is 22.6 Å². The molecule has 0 N–H and O–H groups in total. The van der Waals surface area contributed by atoms with E-state index >= 15 is 0 Å². The predicted molar refractivity (Wildman–Crippen MR) is 70.7 cm³/mol. The third-order valence-corrected chi connectivity index (χ3v) is 4.91. The van der Waals surface area contributed by atoms with Gasteiger partial charge in [0.15, 0.2) is 0 Å². The van der Waals surface area contributed by atoms with Gasteiger partial charge in [0.05, 0.1) is 0 Å². The van der Waals surface area contributed by atoms with Crippen LogP contribution < -0.4 is 0 Å². The molecule has 0 radical (unpaired) electrons. The average molecular weight is 310 g/mol. The standard InChI is InChI=1S/C8H11O.2CH3.3ClH.Ti/c1-9-7-6-8-4-2-3-5-8;;;;;;/h2,4H,3,6-7H2,1H3;2*1H3;3*1H;. The molecule has 1 aliphatic carbocycles. The second-order valence-electron chi connectivity index (χ2n) is 3.35. The Morgan fingerprint density at radius 2 is 1.87 bits per heavy atom. The molecule has 0 amide bonds. The summed E-state index contributed by atoms with van der Waals surface area (Å²) in [6.45, 7) is 0.870. The number of halogens is 3. The molecule has 0 fully saturated rings. The summed E-state index contributed by atoms with van der Waals surface area (Å²) in [5.41, 5.74) is 1.57. The van der Waals surface area contributed by atoms with Crippen molar-refractivity contribution < 1.29 is 22.6 Å². The summed E-state index contributed by atoms with van der Waals surface area (Å²) in [5.74, 6) is 0. The Bertz CT molecular complexity index is 215. The molecule has 0 aromatic heterocycles. The van der Waals surface area contributed by atoms with Gasteiger partial charge in [0.1, 0.15) is 0 Å². The van der Waals surface area contributed by atoms with Crippen molar-refractivity contribution in [2.24, 2.45) is 0 Å². The molecule has 1 nitrogen and oxygen atoms in total. The molecule has 15 heavy (non-hydrogen) atoms. The fourth-order valence-electron chi connectivity index (χ4n) is 1.52. The molecule has 91 valence electrons. The Labute approximate surface area is 118 Å². The molecular weight excluding hydrogens is 290 g/mol. The van der Waals surface area contributed by atoms with E-state index in [1.807, 2.05) is 0 Å². The zero-order valence-corrected chi connectivity index (χ0v) is 13.4. The van der Waals surface area contributed by atoms with Gasteiger partial charge < -0.3 is 0 Å². The van der Waals surface area contributed by atoms with Crippen LogP contribution in [0, 0.1) is 0 Å². The van der Waals surface area contributed by atoms with Gasteiger partial charge in [0.2, 0.25) is 0 Å². The minimum Gasteiger partial charge on any atom is -0.147 e. The van der Waals surface area contributed by atoms with E-state index in [0.717, 1.165) is 13.0 Å². The van der Waals surface area contributed by atoms with Crippen LogP contribution in [-0.2, 0) is 22.6 Å². The van der Waals surface area contributed by atoms with Crippen molar-refractivity contribution in [1.82, 2.24) is 0 Å². The Hall–Kier alpha value is 1.02. The molecule has 0 saturated carbocycles.